The van der Waals surface area contributed by atoms with Crippen molar-refractivity contribution in [2.45, 2.75) is 12.8 Å². The lowest BCUT2D eigenvalue weighted by Gasteiger charge is -2.22. The molecule has 1 aliphatic heterocycles. The molecule has 1 aromatic heterocycles. The summed E-state index contributed by atoms with van der Waals surface area (Å²) in [6.45, 7) is 2.41. The predicted molar refractivity (Wildman–Crippen MR) is 77.0 cm³/mol. The summed E-state index contributed by atoms with van der Waals surface area (Å²) < 4.78 is 13.0. The molecule has 0 bridgehead atoms. The van der Waals surface area contributed by atoms with Crippen LogP contribution in [0.1, 0.15) is 12.8 Å². The molecule has 106 valence electrons. The number of benzene rings is 1. The van der Waals surface area contributed by atoms with Gasteiger partial charge in [-0.2, -0.15) is 5.10 Å². The van der Waals surface area contributed by atoms with Crippen molar-refractivity contribution in [2.24, 2.45) is 5.92 Å². The molecule has 0 aliphatic carbocycles. The molecular formula is C15H19N3O2. The smallest absolute Gasteiger partial charge is 0.121 e. The maximum atomic E-state index is 5.99. The van der Waals surface area contributed by atoms with E-state index in [2.05, 4.69) is 5.10 Å². The Kier molecular flexibility index (Phi) is 3.87. The van der Waals surface area contributed by atoms with Crippen LogP contribution >= 0.6 is 0 Å². The fourth-order valence-electron chi connectivity index (χ4n) is 2.35. The topological polar surface area (TPSA) is 62.3 Å². The highest BCUT2D eigenvalue weighted by Crippen LogP contribution is 2.24. The lowest BCUT2D eigenvalue weighted by molar-refractivity contribution is 0.0497. The summed E-state index contributed by atoms with van der Waals surface area (Å²) >= 11 is 0. The van der Waals surface area contributed by atoms with Crippen LogP contribution in [-0.4, -0.2) is 29.6 Å². The number of ether oxygens (including phenoxy) is 2. The van der Waals surface area contributed by atoms with Crippen molar-refractivity contribution in [3.05, 3.63) is 36.7 Å². The molecule has 2 heterocycles. The lowest BCUT2D eigenvalue weighted by atomic mass is 10.0. The Balaban J connectivity index is 1.69. The first kappa shape index (κ1) is 13.0. The van der Waals surface area contributed by atoms with E-state index in [-0.39, 0.29) is 0 Å². The molecule has 2 aromatic rings. The summed E-state index contributed by atoms with van der Waals surface area (Å²) in [5, 5.41) is 4.20. The Bertz CT molecular complexity index is 548. The van der Waals surface area contributed by atoms with E-state index in [1.165, 1.54) is 0 Å². The van der Waals surface area contributed by atoms with Gasteiger partial charge in [-0.3, -0.25) is 0 Å². The third kappa shape index (κ3) is 2.93. The van der Waals surface area contributed by atoms with Crippen LogP contribution in [0.2, 0.25) is 0 Å². The van der Waals surface area contributed by atoms with E-state index in [1.807, 2.05) is 30.5 Å². The molecule has 0 atom stereocenters. The van der Waals surface area contributed by atoms with E-state index in [4.69, 9.17) is 15.2 Å². The van der Waals surface area contributed by atoms with Crippen molar-refractivity contribution >= 4 is 5.69 Å². The highest BCUT2D eigenvalue weighted by atomic mass is 16.5. The van der Waals surface area contributed by atoms with Crippen molar-refractivity contribution in [1.29, 1.82) is 0 Å². The summed E-state index contributed by atoms with van der Waals surface area (Å²) in [6, 6.07) is 7.56. The molecule has 1 aliphatic rings. The Morgan fingerprint density at radius 2 is 2.20 bits per heavy atom. The molecule has 0 amide bonds. The zero-order valence-corrected chi connectivity index (χ0v) is 11.4. The Labute approximate surface area is 118 Å². The maximum Gasteiger partial charge on any atom is 0.121 e. The summed E-state index contributed by atoms with van der Waals surface area (Å²) in [5.41, 5.74) is 7.52. The molecule has 2 N–H and O–H groups in total. The van der Waals surface area contributed by atoms with Gasteiger partial charge in [0.2, 0.25) is 0 Å². The van der Waals surface area contributed by atoms with Crippen molar-refractivity contribution < 1.29 is 9.47 Å². The number of rotatable bonds is 4. The second-order valence-corrected chi connectivity index (χ2v) is 5.04. The number of nitrogen functional groups attached to an aromatic ring is 1. The van der Waals surface area contributed by atoms with Gasteiger partial charge in [-0.1, -0.05) is 0 Å². The molecule has 5 heteroatoms. The predicted octanol–water partition coefficient (Wildman–Crippen LogP) is 2.26. The van der Waals surface area contributed by atoms with Gasteiger partial charge in [0, 0.05) is 31.7 Å². The van der Waals surface area contributed by atoms with Gasteiger partial charge in [-0.05, 0) is 37.0 Å². The van der Waals surface area contributed by atoms with Gasteiger partial charge in [0.15, 0.2) is 0 Å². The molecule has 0 radical (unpaired) electrons. The lowest BCUT2D eigenvalue weighted by Crippen LogP contribution is -2.21. The molecule has 0 saturated carbocycles. The fourth-order valence-corrected chi connectivity index (χ4v) is 2.35. The quantitative estimate of drug-likeness (QED) is 0.868. The van der Waals surface area contributed by atoms with Crippen molar-refractivity contribution in [3.63, 3.8) is 0 Å². The van der Waals surface area contributed by atoms with E-state index >= 15 is 0 Å². The zero-order chi connectivity index (χ0) is 13.8. The monoisotopic (exact) mass is 273 g/mol. The van der Waals surface area contributed by atoms with Crippen molar-refractivity contribution in [2.75, 3.05) is 25.6 Å². The second kappa shape index (κ2) is 5.96. The first-order valence-corrected chi connectivity index (χ1v) is 6.93. The van der Waals surface area contributed by atoms with Crippen LogP contribution in [0.25, 0.3) is 5.69 Å². The normalized spacial score (nSPS) is 16.2. The van der Waals surface area contributed by atoms with E-state index < -0.39 is 0 Å². The molecule has 1 aromatic carbocycles. The van der Waals surface area contributed by atoms with Gasteiger partial charge in [-0.25, -0.2) is 4.68 Å². The van der Waals surface area contributed by atoms with E-state index in [1.54, 1.807) is 10.9 Å². The van der Waals surface area contributed by atoms with Gasteiger partial charge >= 0.3 is 0 Å². The molecule has 1 fully saturated rings. The molecule has 1 saturated heterocycles. The summed E-state index contributed by atoms with van der Waals surface area (Å²) in [6.07, 6.45) is 5.74. The molecular weight excluding hydrogens is 254 g/mol. The van der Waals surface area contributed by atoms with Crippen LogP contribution in [0.5, 0.6) is 5.75 Å². The second-order valence-electron chi connectivity index (χ2n) is 5.04. The third-order valence-corrected chi connectivity index (χ3v) is 3.58. The fraction of sp³-hybridized carbons (Fsp3) is 0.400. The van der Waals surface area contributed by atoms with Crippen LogP contribution in [0.3, 0.4) is 0 Å². The van der Waals surface area contributed by atoms with Crippen molar-refractivity contribution in [3.8, 4) is 11.4 Å². The minimum absolute atomic E-state index is 0.578. The van der Waals surface area contributed by atoms with E-state index in [9.17, 15) is 0 Å². The van der Waals surface area contributed by atoms with Gasteiger partial charge in [0.1, 0.15) is 5.75 Å². The number of hydrogen-bond donors (Lipinski definition) is 1. The van der Waals surface area contributed by atoms with Crippen LogP contribution in [0, 0.1) is 5.92 Å². The number of nitrogens with zero attached hydrogens (tertiary/aromatic N) is 2. The van der Waals surface area contributed by atoms with Gasteiger partial charge in [0.25, 0.3) is 0 Å². The number of nitrogens with two attached hydrogens (primary N) is 1. The van der Waals surface area contributed by atoms with Gasteiger partial charge in [0.05, 0.1) is 18.0 Å². The Morgan fingerprint density at radius 3 is 2.95 bits per heavy atom. The highest BCUT2D eigenvalue weighted by molar-refractivity contribution is 5.60. The average Bonchev–Trinajstić information content (AvgIpc) is 3.01. The van der Waals surface area contributed by atoms with Crippen LogP contribution in [-0.2, 0) is 4.74 Å². The summed E-state index contributed by atoms with van der Waals surface area (Å²) in [5.74, 6) is 1.41. The largest absolute Gasteiger partial charge is 0.493 e. The third-order valence-electron chi connectivity index (χ3n) is 3.58. The first-order chi connectivity index (χ1) is 9.83. The van der Waals surface area contributed by atoms with E-state index in [0.717, 1.165) is 44.1 Å². The van der Waals surface area contributed by atoms with Gasteiger partial charge in [-0.15, -0.1) is 0 Å². The van der Waals surface area contributed by atoms with E-state index in [0.29, 0.717) is 11.6 Å². The average molecular weight is 273 g/mol. The molecule has 5 nitrogen and oxygen atoms in total. The Morgan fingerprint density at radius 1 is 1.35 bits per heavy atom. The maximum absolute atomic E-state index is 5.99. The number of hydrogen-bond acceptors (Lipinski definition) is 4. The Hall–Kier alpha value is -2.01. The minimum atomic E-state index is 0.578. The highest BCUT2D eigenvalue weighted by Gasteiger charge is 2.14. The van der Waals surface area contributed by atoms with Gasteiger partial charge < -0.3 is 15.2 Å². The van der Waals surface area contributed by atoms with Crippen LogP contribution in [0.15, 0.2) is 36.7 Å². The molecule has 20 heavy (non-hydrogen) atoms. The summed E-state index contributed by atoms with van der Waals surface area (Å²) in [7, 11) is 0. The molecule has 0 unspecified atom stereocenters. The van der Waals surface area contributed by atoms with Crippen LogP contribution in [0.4, 0.5) is 5.69 Å². The minimum Gasteiger partial charge on any atom is -0.493 e. The standard InChI is InChI=1S/C15H19N3O2/c16-14-3-2-13(10-15(14)18-7-1-6-17-18)20-11-12-4-8-19-9-5-12/h1-3,6-7,10,12H,4-5,8-9,11,16H2. The zero-order valence-electron chi connectivity index (χ0n) is 11.4. The molecule has 3 rings (SSSR count). The number of aromatic nitrogens is 2. The summed E-state index contributed by atoms with van der Waals surface area (Å²) in [4.78, 5) is 0. The number of anilines is 1. The van der Waals surface area contributed by atoms with Crippen molar-refractivity contribution in [1.82, 2.24) is 9.78 Å². The molecule has 0 spiro atoms. The first-order valence-electron chi connectivity index (χ1n) is 6.93. The SMILES string of the molecule is Nc1ccc(OCC2CCOCC2)cc1-n1cccn1. The van der Waals surface area contributed by atoms with Crippen LogP contribution < -0.4 is 10.5 Å².